The van der Waals surface area contributed by atoms with Crippen molar-refractivity contribution in [3.8, 4) is 5.75 Å². The fourth-order valence-electron chi connectivity index (χ4n) is 3.14. The van der Waals surface area contributed by atoms with Gasteiger partial charge in [0.1, 0.15) is 5.75 Å². The monoisotopic (exact) mass is 436 g/mol. The Balaban J connectivity index is 1.57. The summed E-state index contributed by atoms with van der Waals surface area (Å²) in [5, 5.41) is 1.35. The molecule has 0 atom stereocenters. The number of carbonyl (C=O) groups is 1. The molecule has 0 aliphatic heterocycles. The van der Waals surface area contributed by atoms with Crippen molar-refractivity contribution in [3.05, 3.63) is 88.9 Å². The van der Waals surface area contributed by atoms with Gasteiger partial charge in [-0.1, -0.05) is 71.5 Å². The van der Waals surface area contributed by atoms with E-state index in [0.717, 1.165) is 27.1 Å². The topological polar surface area (TPSA) is 42.4 Å². The maximum absolute atomic E-state index is 13.2. The molecule has 1 heterocycles. The van der Waals surface area contributed by atoms with Crippen LogP contribution >= 0.6 is 22.9 Å². The van der Waals surface area contributed by atoms with Gasteiger partial charge in [0.05, 0.1) is 29.8 Å². The molecular formula is C24H21ClN2O2S. The van der Waals surface area contributed by atoms with Gasteiger partial charge in [-0.15, -0.1) is 0 Å². The number of hydrogen-bond acceptors (Lipinski definition) is 4. The van der Waals surface area contributed by atoms with Crippen LogP contribution in [-0.4, -0.2) is 17.5 Å². The molecule has 0 aliphatic rings. The van der Waals surface area contributed by atoms with Crippen LogP contribution in [0.15, 0.2) is 72.8 Å². The number of benzene rings is 3. The van der Waals surface area contributed by atoms with Crippen molar-refractivity contribution in [1.82, 2.24) is 4.98 Å². The van der Waals surface area contributed by atoms with E-state index in [4.69, 9.17) is 21.3 Å². The van der Waals surface area contributed by atoms with Crippen LogP contribution in [0.3, 0.4) is 0 Å². The van der Waals surface area contributed by atoms with Gasteiger partial charge in [-0.3, -0.25) is 9.69 Å². The minimum atomic E-state index is -0.0300. The zero-order chi connectivity index (χ0) is 20.9. The van der Waals surface area contributed by atoms with Crippen LogP contribution in [-0.2, 0) is 11.3 Å². The van der Waals surface area contributed by atoms with Crippen molar-refractivity contribution >= 4 is 44.2 Å². The summed E-state index contributed by atoms with van der Waals surface area (Å²) in [5.74, 6) is 0.725. The number of para-hydroxylation sites is 1. The number of thiazole rings is 1. The first-order valence-corrected chi connectivity index (χ1v) is 10.9. The predicted molar refractivity (Wildman–Crippen MR) is 124 cm³/mol. The zero-order valence-corrected chi connectivity index (χ0v) is 18.1. The third-order valence-corrected chi connectivity index (χ3v) is 6.23. The van der Waals surface area contributed by atoms with E-state index in [1.807, 2.05) is 79.7 Å². The number of carbonyl (C=O) groups excluding carboxylic acids is 1. The first kappa shape index (κ1) is 20.4. The van der Waals surface area contributed by atoms with Gasteiger partial charge >= 0.3 is 0 Å². The molecule has 3 aromatic carbocycles. The lowest BCUT2D eigenvalue weighted by Crippen LogP contribution is -2.31. The number of fused-ring (bicyclic) bond motifs is 1. The number of aryl methyl sites for hydroxylation is 1. The summed E-state index contributed by atoms with van der Waals surface area (Å²) in [5.41, 5.74) is 2.81. The molecule has 0 spiro atoms. The maximum atomic E-state index is 13.2. The summed E-state index contributed by atoms with van der Waals surface area (Å²) in [4.78, 5) is 19.6. The SMILES string of the molecule is Cc1c(Cl)ccc2sc(N(Cc3ccccc3)C(=O)CCOc3ccccc3)nc12. The predicted octanol–water partition coefficient (Wildman–Crippen LogP) is 6.26. The Morgan fingerprint density at radius 1 is 1.03 bits per heavy atom. The van der Waals surface area contributed by atoms with Crippen LogP contribution < -0.4 is 9.64 Å². The number of halogens is 1. The lowest BCUT2D eigenvalue weighted by atomic mass is 10.2. The highest BCUT2D eigenvalue weighted by Crippen LogP contribution is 2.34. The highest BCUT2D eigenvalue weighted by molar-refractivity contribution is 7.22. The maximum Gasteiger partial charge on any atom is 0.232 e. The molecule has 1 aromatic heterocycles. The smallest absolute Gasteiger partial charge is 0.232 e. The summed E-state index contributed by atoms with van der Waals surface area (Å²) in [6.45, 7) is 2.72. The highest BCUT2D eigenvalue weighted by Gasteiger charge is 2.21. The average molecular weight is 437 g/mol. The third-order valence-electron chi connectivity index (χ3n) is 4.78. The Morgan fingerprint density at radius 3 is 2.47 bits per heavy atom. The number of amides is 1. The van der Waals surface area contributed by atoms with E-state index in [2.05, 4.69) is 0 Å². The van der Waals surface area contributed by atoms with E-state index in [-0.39, 0.29) is 12.3 Å². The molecule has 0 aliphatic carbocycles. The molecule has 6 heteroatoms. The molecule has 4 nitrogen and oxygen atoms in total. The number of aromatic nitrogens is 1. The van der Waals surface area contributed by atoms with Crippen LogP contribution in [0.1, 0.15) is 17.5 Å². The molecule has 0 fully saturated rings. The van der Waals surface area contributed by atoms with Crippen molar-refractivity contribution in [2.75, 3.05) is 11.5 Å². The van der Waals surface area contributed by atoms with Crippen LogP contribution in [0, 0.1) is 6.92 Å². The highest BCUT2D eigenvalue weighted by atomic mass is 35.5. The molecule has 0 bridgehead atoms. The molecule has 30 heavy (non-hydrogen) atoms. The first-order valence-electron chi connectivity index (χ1n) is 9.69. The standard InChI is InChI=1S/C24H21ClN2O2S/c1-17-20(25)12-13-21-23(17)26-24(30-21)27(16-18-8-4-2-5-9-18)22(28)14-15-29-19-10-6-3-7-11-19/h2-13H,14-16H2,1H3. The van der Waals surface area contributed by atoms with E-state index < -0.39 is 0 Å². The van der Waals surface area contributed by atoms with Crippen LogP contribution in [0.25, 0.3) is 10.2 Å². The summed E-state index contributed by atoms with van der Waals surface area (Å²) in [7, 11) is 0. The Hall–Kier alpha value is -2.89. The average Bonchev–Trinajstić information content (AvgIpc) is 3.21. The Kier molecular flexibility index (Phi) is 6.31. The van der Waals surface area contributed by atoms with Gasteiger partial charge in [0.25, 0.3) is 0 Å². The Labute approximate surface area is 184 Å². The molecule has 0 radical (unpaired) electrons. The van der Waals surface area contributed by atoms with Crippen molar-refractivity contribution < 1.29 is 9.53 Å². The van der Waals surface area contributed by atoms with Gasteiger partial charge in [-0.05, 0) is 42.3 Å². The van der Waals surface area contributed by atoms with Crippen LogP contribution in [0.5, 0.6) is 5.75 Å². The quantitative estimate of drug-likeness (QED) is 0.343. The lowest BCUT2D eigenvalue weighted by molar-refractivity contribution is -0.119. The van der Waals surface area contributed by atoms with Gasteiger partial charge in [0.15, 0.2) is 5.13 Å². The van der Waals surface area contributed by atoms with Crippen LogP contribution in [0.4, 0.5) is 5.13 Å². The molecule has 0 N–H and O–H groups in total. The summed E-state index contributed by atoms with van der Waals surface area (Å²) < 4.78 is 6.74. The van der Waals surface area contributed by atoms with Gasteiger partial charge < -0.3 is 4.74 Å². The van der Waals surface area contributed by atoms with Crippen LogP contribution in [0.2, 0.25) is 5.02 Å². The molecule has 152 valence electrons. The van der Waals surface area contributed by atoms with Crippen molar-refractivity contribution in [2.24, 2.45) is 0 Å². The molecule has 4 aromatic rings. The molecule has 0 unspecified atom stereocenters. The second kappa shape index (κ2) is 9.28. The fraction of sp³-hybridized carbons (Fsp3) is 0.167. The van der Waals surface area contributed by atoms with E-state index in [9.17, 15) is 4.79 Å². The van der Waals surface area contributed by atoms with Crippen molar-refractivity contribution in [1.29, 1.82) is 0 Å². The molecule has 1 amide bonds. The Bertz CT molecular complexity index is 1150. The number of anilines is 1. The van der Waals surface area contributed by atoms with Gasteiger partial charge in [0.2, 0.25) is 5.91 Å². The van der Waals surface area contributed by atoms with E-state index in [1.54, 1.807) is 4.90 Å². The summed E-state index contributed by atoms with van der Waals surface area (Å²) >= 11 is 7.76. The lowest BCUT2D eigenvalue weighted by Gasteiger charge is -2.20. The summed E-state index contributed by atoms with van der Waals surface area (Å²) in [6.07, 6.45) is 0.261. The minimum absolute atomic E-state index is 0.0300. The normalized spacial score (nSPS) is 10.9. The van der Waals surface area contributed by atoms with E-state index in [0.29, 0.717) is 23.3 Å². The molecule has 0 saturated carbocycles. The zero-order valence-electron chi connectivity index (χ0n) is 16.5. The minimum Gasteiger partial charge on any atom is -0.493 e. The largest absolute Gasteiger partial charge is 0.493 e. The number of hydrogen-bond donors (Lipinski definition) is 0. The van der Waals surface area contributed by atoms with Crippen molar-refractivity contribution in [2.45, 2.75) is 19.9 Å². The summed E-state index contributed by atoms with van der Waals surface area (Å²) in [6, 6.07) is 23.3. The molecular weight excluding hydrogens is 416 g/mol. The second-order valence-corrected chi connectivity index (χ2v) is 8.31. The number of ether oxygens (including phenoxy) is 1. The molecule has 4 rings (SSSR count). The van der Waals surface area contributed by atoms with E-state index in [1.165, 1.54) is 11.3 Å². The number of rotatable bonds is 7. The van der Waals surface area contributed by atoms with Gasteiger partial charge in [-0.2, -0.15) is 0 Å². The van der Waals surface area contributed by atoms with Crippen molar-refractivity contribution in [3.63, 3.8) is 0 Å². The molecule has 0 saturated heterocycles. The van der Waals surface area contributed by atoms with Gasteiger partial charge in [-0.25, -0.2) is 4.98 Å². The Morgan fingerprint density at radius 2 is 1.73 bits per heavy atom. The second-order valence-electron chi connectivity index (χ2n) is 6.89. The first-order chi connectivity index (χ1) is 14.6. The fourth-order valence-corrected chi connectivity index (χ4v) is 4.33. The van der Waals surface area contributed by atoms with E-state index >= 15 is 0 Å². The number of nitrogens with zero attached hydrogens (tertiary/aromatic N) is 2. The van der Waals surface area contributed by atoms with Gasteiger partial charge in [0, 0.05) is 5.02 Å². The third kappa shape index (κ3) is 4.64.